The fourth-order valence-electron chi connectivity index (χ4n) is 3.08. The number of esters is 1. The molecule has 1 N–H and O–H groups in total. The first-order chi connectivity index (χ1) is 12.6. The number of benzene rings is 1. The van der Waals surface area contributed by atoms with E-state index in [4.69, 9.17) is 4.74 Å². The number of hydrogen-bond acceptors (Lipinski definition) is 5. The van der Waals surface area contributed by atoms with Gasteiger partial charge in [-0.2, -0.15) is 0 Å². The van der Waals surface area contributed by atoms with Crippen LogP contribution in [0.1, 0.15) is 44.8 Å². The van der Waals surface area contributed by atoms with E-state index in [9.17, 15) is 9.59 Å². The number of hydrogen-bond donors (Lipinski definition) is 1. The van der Waals surface area contributed by atoms with E-state index in [1.54, 1.807) is 11.8 Å². The van der Waals surface area contributed by atoms with Crippen LogP contribution in [0.15, 0.2) is 24.3 Å². The van der Waals surface area contributed by atoms with Crippen LogP contribution in [0.2, 0.25) is 0 Å². The number of thiophene rings is 1. The Morgan fingerprint density at radius 2 is 1.92 bits per heavy atom. The number of rotatable bonds is 6. The molecule has 0 spiro atoms. The van der Waals surface area contributed by atoms with Crippen LogP contribution in [0.3, 0.4) is 0 Å². The van der Waals surface area contributed by atoms with E-state index in [1.165, 1.54) is 34.5 Å². The molecule has 0 atom stereocenters. The minimum atomic E-state index is -0.355. The lowest BCUT2D eigenvalue weighted by atomic mass is 9.95. The van der Waals surface area contributed by atoms with Gasteiger partial charge < -0.3 is 10.1 Å². The van der Waals surface area contributed by atoms with Crippen LogP contribution in [0.5, 0.6) is 0 Å². The predicted octanol–water partition coefficient (Wildman–Crippen LogP) is 4.59. The normalized spacial score (nSPS) is 13.2. The minimum absolute atomic E-state index is 0.0779. The molecule has 0 saturated heterocycles. The van der Waals surface area contributed by atoms with Gasteiger partial charge in [-0.15, -0.1) is 23.1 Å². The zero-order valence-electron chi connectivity index (χ0n) is 15.1. The molecule has 1 aliphatic rings. The van der Waals surface area contributed by atoms with Crippen LogP contribution < -0.4 is 5.32 Å². The van der Waals surface area contributed by atoms with E-state index in [0.717, 1.165) is 37.0 Å². The Kier molecular flexibility index (Phi) is 6.38. The first kappa shape index (κ1) is 19.0. The SMILES string of the molecule is COC(=O)c1c(NC(=O)CSCc2ccc(C)cc2)sc2c1CCCC2. The van der Waals surface area contributed by atoms with Gasteiger partial charge in [0.15, 0.2) is 0 Å². The molecule has 1 aromatic carbocycles. The molecule has 1 aromatic heterocycles. The van der Waals surface area contributed by atoms with Crippen molar-refractivity contribution in [2.24, 2.45) is 0 Å². The average molecular weight is 390 g/mol. The number of carbonyl (C=O) groups excluding carboxylic acids is 2. The second-order valence-corrected chi connectivity index (χ2v) is 8.52. The molecule has 0 saturated carbocycles. The Hall–Kier alpha value is -1.79. The van der Waals surface area contributed by atoms with Crippen LogP contribution in [-0.4, -0.2) is 24.7 Å². The maximum Gasteiger partial charge on any atom is 0.341 e. The molecule has 0 aliphatic heterocycles. The third-order valence-electron chi connectivity index (χ3n) is 4.44. The summed E-state index contributed by atoms with van der Waals surface area (Å²) in [6.07, 6.45) is 4.07. The lowest BCUT2D eigenvalue weighted by molar-refractivity contribution is -0.113. The van der Waals surface area contributed by atoms with Crippen molar-refractivity contribution in [1.82, 2.24) is 0 Å². The predicted molar refractivity (Wildman–Crippen MR) is 108 cm³/mol. The highest BCUT2D eigenvalue weighted by molar-refractivity contribution is 7.99. The molecule has 1 amide bonds. The molecule has 26 heavy (non-hydrogen) atoms. The highest BCUT2D eigenvalue weighted by atomic mass is 32.2. The summed E-state index contributed by atoms with van der Waals surface area (Å²) in [5, 5.41) is 3.58. The minimum Gasteiger partial charge on any atom is -0.465 e. The molecule has 4 nitrogen and oxygen atoms in total. The first-order valence-electron chi connectivity index (χ1n) is 8.74. The van der Waals surface area contributed by atoms with Gasteiger partial charge in [-0.25, -0.2) is 4.79 Å². The van der Waals surface area contributed by atoms with Gasteiger partial charge in [0.05, 0.1) is 18.4 Å². The summed E-state index contributed by atoms with van der Waals surface area (Å²) < 4.78 is 4.94. The summed E-state index contributed by atoms with van der Waals surface area (Å²) in [7, 11) is 1.39. The second kappa shape index (κ2) is 8.73. The molecule has 1 aliphatic carbocycles. The van der Waals surface area contributed by atoms with Gasteiger partial charge in [-0.05, 0) is 43.7 Å². The number of thioether (sulfide) groups is 1. The monoisotopic (exact) mass is 389 g/mol. The topological polar surface area (TPSA) is 55.4 Å². The second-order valence-electron chi connectivity index (χ2n) is 6.43. The molecular formula is C20H23NO3S2. The van der Waals surface area contributed by atoms with Gasteiger partial charge in [0.25, 0.3) is 0 Å². The van der Waals surface area contributed by atoms with Gasteiger partial charge >= 0.3 is 5.97 Å². The zero-order valence-corrected chi connectivity index (χ0v) is 16.7. The Morgan fingerprint density at radius 1 is 1.19 bits per heavy atom. The molecule has 0 bridgehead atoms. The van der Waals surface area contributed by atoms with Gasteiger partial charge in [0.2, 0.25) is 5.91 Å². The summed E-state index contributed by atoms with van der Waals surface area (Å²) in [6.45, 7) is 2.06. The molecule has 0 radical (unpaired) electrons. The van der Waals surface area contributed by atoms with Crippen molar-refractivity contribution in [3.63, 3.8) is 0 Å². The molecule has 3 rings (SSSR count). The average Bonchev–Trinajstić information content (AvgIpc) is 3.00. The van der Waals surface area contributed by atoms with Gasteiger partial charge in [0.1, 0.15) is 5.00 Å². The van der Waals surface area contributed by atoms with E-state index in [2.05, 4.69) is 36.5 Å². The Bertz CT molecular complexity index is 796. The van der Waals surface area contributed by atoms with Crippen molar-refractivity contribution in [2.75, 3.05) is 18.2 Å². The van der Waals surface area contributed by atoms with Crippen LogP contribution in [-0.2, 0) is 28.1 Å². The maximum atomic E-state index is 12.4. The van der Waals surface area contributed by atoms with Crippen molar-refractivity contribution in [1.29, 1.82) is 0 Å². The van der Waals surface area contributed by atoms with Crippen molar-refractivity contribution in [3.8, 4) is 0 Å². The highest BCUT2D eigenvalue weighted by Crippen LogP contribution is 2.38. The van der Waals surface area contributed by atoms with Crippen molar-refractivity contribution >= 4 is 40.0 Å². The molecule has 138 valence electrons. The van der Waals surface area contributed by atoms with Gasteiger partial charge in [-0.3, -0.25) is 4.79 Å². The first-order valence-corrected chi connectivity index (χ1v) is 10.7. The van der Waals surface area contributed by atoms with Crippen LogP contribution in [0.25, 0.3) is 0 Å². The Labute approximate surface area is 162 Å². The third-order valence-corrected chi connectivity index (χ3v) is 6.65. The van der Waals surface area contributed by atoms with Gasteiger partial charge in [-0.1, -0.05) is 29.8 Å². The summed E-state index contributed by atoms with van der Waals surface area (Å²) >= 11 is 3.09. The molecule has 1 heterocycles. The fourth-order valence-corrected chi connectivity index (χ4v) is 5.16. The van der Waals surface area contributed by atoms with E-state index in [1.807, 2.05) is 0 Å². The van der Waals surface area contributed by atoms with E-state index in [0.29, 0.717) is 16.3 Å². The molecule has 6 heteroatoms. The van der Waals surface area contributed by atoms with Crippen LogP contribution in [0.4, 0.5) is 5.00 Å². The molecule has 0 fully saturated rings. The number of methoxy groups -OCH3 is 1. The summed E-state index contributed by atoms with van der Waals surface area (Å²) in [5.74, 6) is 0.716. The Morgan fingerprint density at radius 3 is 2.65 bits per heavy atom. The zero-order chi connectivity index (χ0) is 18.5. The van der Waals surface area contributed by atoms with Crippen LogP contribution in [0, 0.1) is 6.92 Å². The maximum absolute atomic E-state index is 12.4. The standard InChI is InChI=1S/C20H23NO3S2/c1-13-7-9-14(10-8-13)11-25-12-17(22)21-19-18(20(23)24-2)15-5-3-4-6-16(15)26-19/h7-10H,3-6,11-12H2,1-2H3,(H,21,22). The number of ether oxygens (including phenoxy) is 1. The van der Waals surface area contributed by atoms with Crippen molar-refractivity contribution in [2.45, 2.75) is 38.4 Å². The smallest absolute Gasteiger partial charge is 0.341 e. The largest absolute Gasteiger partial charge is 0.465 e. The number of fused-ring (bicyclic) bond motifs is 1. The highest BCUT2D eigenvalue weighted by Gasteiger charge is 2.26. The number of carbonyl (C=O) groups is 2. The number of anilines is 1. The third kappa shape index (κ3) is 4.48. The molecule has 2 aromatic rings. The summed E-state index contributed by atoms with van der Waals surface area (Å²) in [4.78, 5) is 25.8. The molecule has 0 unspecified atom stereocenters. The van der Waals surface area contributed by atoms with Gasteiger partial charge in [0, 0.05) is 10.6 Å². The molecular weight excluding hydrogens is 366 g/mol. The number of nitrogens with one attached hydrogen (secondary N) is 1. The lowest BCUT2D eigenvalue weighted by Gasteiger charge is -2.11. The fraction of sp³-hybridized carbons (Fsp3) is 0.400. The van der Waals surface area contributed by atoms with E-state index < -0.39 is 0 Å². The lowest BCUT2D eigenvalue weighted by Crippen LogP contribution is -2.16. The van der Waals surface area contributed by atoms with Crippen molar-refractivity contribution in [3.05, 3.63) is 51.4 Å². The summed E-state index contributed by atoms with van der Waals surface area (Å²) in [6, 6.07) is 8.33. The number of aryl methyl sites for hydroxylation is 2. The van der Waals surface area contributed by atoms with E-state index in [-0.39, 0.29) is 11.9 Å². The summed E-state index contributed by atoms with van der Waals surface area (Å²) in [5.41, 5.74) is 4.06. The Balaban J connectivity index is 1.62. The quantitative estimate of drug-likeness (QED) is 0.734. The van der Waals surface area contributed by atoms with Crippen LogP contribution >= 0.6 is 23.1 Å². The number of amides is 1. The van der Waals surface area contributed by atoms with E-state index >= 15 is 0 Å². The van der Waals surface area contributed by atoms with Crippen molar-refractivity contribution < 1.29 is 14.3 Å².